The number of aliphatic hydroxyl groups excluding tert-OH is 1. The van der Waals surface area contributed by atoms with Crippen molar-refractivity contribution >= 4 is 15.7 Å². The number of benzene rings is 1. The highest BCUT2D eigenvalue weighted by molar-refractivity contribution is 7.89. The Morgan fingerprint density at radius 1 is 1.37 bits per heavy atom. The van der Waals surface area contributed by atoms with Crippen molar-refractivity contribution in [3.05, 3.63) is 23.3 Å². The lowest BCUT2D eigenvalue weighted by molar-refractivity contribution is 0.0453. The summed E-state index contributed by atoms with van der Waals surface area (Å²) in [4.78, 5) is 0.241. The van der Waals surface area contributed by atoms with Gasteiger partial charge in [0.15, 0.2) is 0 Å². The van der Waals surface area contributed by atoms with E-state index in [9.17, 15) is 13.5 Å². The summed E-state index contributed by atoms with van der Waals surface area (Å²) in [6, 6.07) is 3.39. The smallest absolute Gasteiger partial charge is 0.240 e. The molecule has 0 spiro atoms. The molecule has 0 bridgehead atoms. The maximum Gasteiger partial charge on any atom is 0.240 e. The van der Waals surface area contributed by atoms with Gasteiger partial charge in [-0.2, -0.15) is 0 Å². The highest BCUT2D eigenvalue weighted by Gasteiger charge is 2.29. The fourth-order valence-corrected chi connectivity index (χ4v) is 3.78. The number of hydrogen-bond acceptors (Lipinski definition) is 4. The first-order chi connectivity index (χ1) is 8.79. The lowest BCUT2D eigenvalue weighted by Gasteiger charge is -2.31. The van der Waals surface area contributed by atoms with Gasteiger partial charge in [-0.25, -0.2) is 13.1 Å². The molecule has 0 unspecified atom stereocenters. The van der Waals surface area contributed by atoms with Gasteiger partial charge >= 0.3 is 0 Å². The predicted octanol–water partition coefficient (Wildman–Crippen LogP) is 0.935. The van der Waals surface area contributed by atoms with Gasteiger partial charge in [0.05, 0.1) is 11.0 Å². The van der Waals surface area contributed by atoms with Crippen LogP contribution in [-0.4, -0.2) is 26.2 Å². The van der Waals surface area contributed by atoms with Crippen LogP contribution in [0.5, 0.6) is 0 Å². The lowest BCUT2D eigenvalue weighted by atomic mass is 9.83. The second-order valence-electron chi connectivity index (χ2n) is 5.32. The molecule has 1 aliphatic rings. The van der Waals surface area contributed by atoms with E-state index in [0.29, 0.717) is 30.6 Å². The summed E-state index contributed by atoms with van der Waals surface area (Å²) in [6.07, 6.45) is 1.06. The van der Waals surface area contributed by atoms with Gasteiger partial charge in [0.2, 0.25) is 10.0 Å². The van der Waals surface area contributed by atoms with Crippen LogP contribution in [0.15, 0.2) is 17.0 Å². The first kappa shape index (κ1) is 14.3. The Morgan fingerprint density at radius 3 is 2.58 bits per heavy atom. The summed E-state index contributed by atoms with van der Waals surface area (Å²) in [5.74, 6) is 0.229. The Morgan fingerprint density at radius 2 is 2.00 bits per heavy atom. The van der Waals surface area contributed by atoms with Gasteiger partial charge in [-0.1, -0.05) is 0 Å². The fraction of sp³-hybridized carbons (Fsp3) is 0.538. The summed E-state index contributed by atoms with van der Waals surface area (Å²) in [7, 11) is -3.54. The van der Waals surface area contributed by atoms with Crippen LogP contribution in [-0.2, 0) is 10.0 Å². The minimum Gasteiger partial charge on any atom is -0.398 e. The number of sulfonamides is 1. The van der Waals surface area contributed by atoms with E-state index in [0.717, 1.165) is 5.56 Å². The topological polar surface area (TPSA) is 92.4 Å². The summed E-state index contributed by atoms with van der Waals surface area (Å²) < 4.78 is 27.1. The number of rotatable bonds is 4. The minimum absolute atomic E-state index is 0.229. The SMILES string of the molecule is Cc1cc(N)c(C)c(S(=O)(=O)NCC2CC(O)C2)c1. The molecule has 0 radical (unpaired) electrons. The summed E-state index contributed by atoms with van der Waals surface area (Å²) in [6.45, 7) is 3.89. The number of nitrogens with one attached hydrogen (secondary N) is 1. The van der Waals surface area contributed by atoms with Gasteiger partial charge in [0.1, 0.15) is 0 Å². The molecule has 1 aromatic rings. The molecule has 2 rings (SSSR count). The van der Waals surface area contributed by atoms with E-state index in [1.807, 2.05) is 6.92 Å². The van der Waals surface area contributed by atoms with E-state index < -0.39 is 10.0 Å². The zero-order valence-electron chi connectivity index (χ0n) is 11.2. The Kier molecular flexibility index (Phi) is 3.85. The van der Waals surface area contributed by atoms with E-state index in [-0.39, 0.29) is 16.9 Å². The van der Waals surface area contributed by atoms with Crippen LogP contribution in [0.1, 0.15) is 24.0 Å². The average molecular weight is 284 g/mol. The Hall–Kier alpha value is -1.11. The molecule has 5 nitrogen and oxygen atoms in total. The average Bonchev–Trinajstić information content (AvgIpc) is 2.27. The molecule has 1 aliphatic carbocycles. The van der Waals surface area contributed by atoms with Crippen molar-refractivity contribution in [2.75, 3.05) is 12.3 Å². The maximum atomic E-state index is 12.3. The van der Waals surface area contributed by atoms with Crippen molar-refractivity contribution in [3.63, 3.8) is 0 Å². The zero-order valence-corrected chi connectivity index (χ0v) is 12.0. The predicted molar refractivity (Wildman–Crippen MR) is 74.2 cm³/mol. The van der Waals surface area contributed by atoms with Crippen molar-refractivity contribution in [3.8, 4) is 0 Å². The molecule has 19 heavy (non-hydrogen) atoms. The molecule has 4 N–H and O–H groups in total. The molecule has 0 saturated heterocycles. The monoisotopic (exact) mass is 284 g/mol. The van der Waals surface area contributed by atoms with Crippen molar-refractivity contribution in [2.24, 2.45) is 5.92 Å². The molecule has 0 aromatic heterocycles. The highest BCUT2D eigenvalue weighted by Crippen LogP contribution is 2.27. The van der Waals surface area contributed by atoms with E-state index in [2.05, 4.69) is 4.72 Å². The fourth-order valence-electron chi connectivity index (χ4n) is 2.30. The van der Waals surface area contributed by atoms with Crippen molar-refractivity contribution in [2.45, 2.75) is 37.7 Å². The van der Waals surface area contributed by atoms with Gasteiger partial charge in [0, 0.05) is 12.2 Å². The molecule has 1 aromatic carbocycles. The standard InChI is InChI=1S/C13H20N2O3S/c1-8-3-12(14)9(2)13(4-8)19(17,18)15-7-10-5-11(16)6-10/h3-4,10-11,15-16H,5-7,14H2,1-2H3. The molecule has 0 amide bonds. The number of anilines is 1. The third-order valence-electron chi connectivity index (χ3n) is 3.61. The van der Waals surface area contributed by atoms with Crippen molar-refractivity contribution in [1.29, 1.82) is 0 Å². The van der Waals surface area contributed by atoms with Gasteiger partial charge in [-0.15, -0.1) is 0 Å². The first-order valence-corrected chi connectivity index (χ1v) is 7.82. The molecule has 1 fully saturated rings. The normalized spacial score (nSPS) is 23.1. The number of aryl methyl sites for hydroxylation is 1. The summed E-state index contributed by atoms with van der Waals surface area (Å²) >= 11 is 0. The maximum absolute atomic E-state index is 12.3. The van der Waals surface area contributed by atoms with E-state index in [1.165, 1.54) is 0 Å². The second-order valence-corrected chi connectivity index (χ2v) is 7.06. The van der Waals surface area contributed by atoms with Crippen molar-refractivity contribution in [1.82, 2.24) is 4.72 Å². The number of aliphatic hydroxyl groups is 1. The van der Waals surface area contributed by atoms with E-state index in [1.54, 1.807) is 19.1 Å². The van der Waals surface area contributed by atoms with Gasteiger partial charge < -0.3 is 10.8 Å². The quantitative estimate of drug-likeness (QED) is 0.717. The Bertz CT molecular complexity index is 578. The number of nitrogens with two attached hydrogens (primary N) is 1. The van der Waals surface area contributed by atoms with Crippen molar-refractivity contribution < 1.29 is 13.5 Å². The molecular formula is C13H20N2O3S. The highest BCUT2D eigenvalue weighted by atomic mass is 32.2. The third-order valence-corrected chi connectivity index (χ3v) is 5.16. The van der Waals surface area contributed by atoms with E-state index in [4.69, 9.17) is 5.73 Å². The lowest BCUT2D eigenvalue weighted by Crippen LogP contribution is -2.38. The minimum atomic E-state index is -3.54. The molecule has 0 heterocycles. The summed E-state index contributed by atoms with van der Waals surface area (Å²) in [5, 5.41) is 9.19. The largest absolute Gasteiger partial charge is 0.398 e. The van der Waals surface area contributed by atoms with Crippen LogP contribution < -0.4 is 10.5 Å². The molecule has 0 aliphatic heterocycles. The molecule has 1 saturated carbocycles. The first-order valence-electron chi connectivity index (χ1n) is 6.34. The molecular weight excluding hydrogens is 264 g/mol. The Balaban J connectivity index is 2.15. The van der Waals surface area contributed by atoms with Crippen LogP contribution in [0, 0.1) is 19.8 Å². The van der Waals surface area contributed by atoms with E-state index >= 15 is 0 Å². The van der Waals surface area contributed by atoms with Gasteiger partial charge in [0.25, 0.3) is 0 Å². The number of hydrogen-bond donors (Lipinski definition) is 3. The Labute approximate surface area is 113 Å². The molecule has 6 heteroatoms. The second kappa shape index (κ2) is 5.11. The molecule has 0 atom stereocenters. The van der Waals surface area contributed by atoms with Crippen LogP contribution in [0.2, 0.25) is 0 Å². The zero-order chi connectivity index (χ0) is 14.2. The third kappa shape index (κ3) is 3.08. The summed E-state index contributed by atoms with van der Waals surface area (Å²) in [5.41, 5.74) is 7.69. The molecule has 106 valence electrons. The van der Waals surface area contributed by atoms with Gasteiger partial charge in [-0.05, 0) is 55.9 Å². The van der Waals surface area contributed by atoms with Gasteiger partial charge in [-0.3, -0.25) is 0 Å². The van der Waals surface area contributed by atoms with Crippen LogP contribution in [0.25, 0.3) is 0 Å². The van der Waals surface area contributed by atoms with Crippen LogP contribution in [0.4, 0.5) is 5.69 Å². The van der Waals surface area contributed by atoms with Crippen LogP contribution >= 0.6 is 0 Å². The van der Waals surface area contributed by atoms with Crippen LogP contribution in [0.3, 0.4) is 0 Å². The number of nitrogen functional groups attached to an aromatic ring is 1.